The number of ether oxygens (including phenoxy) is 1. The van der Waals surface area contributed by atoms with E-state index in [1.807, 2.05) is 0 Å². The van der Waals surface area contributed by atoms with Crippen LogP contribution in [0, 0.1) is 0 Å². The zero-order valence-corrected chi connectivity index (χ0v) is 9.90. The molecule has 2 N–H and O–H groups in total. The van der Waals surface area contributed by atoms with Gasteiger partial charge in [-0.15, -0.1) is 0 Å². The lowest BCUT2D eigenvalue weighted by Gasteiger charge is -2.41. The molecule has 2 aliphatic rings. The molecule has 94 valence electrons. The topological polar surface area (TPSA) is 52.9 Å². The van der Waals surface area contributed by atoms with Crippen LogP contribution in [-0.2, 0) is 4.74 Å². The summed E-state index contributed by atoms with van der Waals surface area (Å²) in [4.78, 5) is 2.19. The van der Waals surface area contributed by atoms with E-state index in [9.17, 15) is 10.2 Å². The monoisotopic (exact) mass is 229 g/mol. The molecule has 1 unspecified atom stereocenters. The largest absolute Gasteiger partial charge is 0.395 e. The highest BCUT2D eigenvalue weighted by atomic mass is 16.5. The van der Waals surface area contributed by atoms with Crippen LogP contribution in [0.3, 0.4) is 0 Å². The number of nitrogens with zero attached hydrogens (tertiary/aromatic N) is 1. The molecule has 0 radical (unpaired) electrons. The average Bonchev–Trinajstić information content (AvgIpc) is 2.30. The van der Waals surface area contributed by atoms with E-state index in [2.05, 4.69) is 4.90 Å². The first kappa shape index (κ1) is 12.3. The second-order valence-electron chi connectivity index (χ2n) is 5.17. The molecule has 0 spiro atoms. The lowest BCUT2D eigenvalue weighted by atomic mass is 9.84. The molecular weight excluding hydrogens is 206 g/mol. The molecule has 16 heavy (non-hydrogen) atoms. The molecule has 0 aromatic carbocycles. The Morgan fingerprint density at radius 1 is 1.25 bits per heavy atom. The molecule has 0 amide bonds. The number of aliphatic hydroxyl groups excluding tert-OH is 1. The number of rotatable bonds is 3. The minimum absolute atomic E-state index is 0.0692. The molecular formula is C12H23NO3. The highest BCUT2D eigenvalue weighted by molar-refractivity contribution is 4.88. The summed E-state index contributed by atoms with van der Waals surface area (Å²) in [5, 5.41) is 19.7. The first-order valence-electron chi connectivity index (χ1n) is 6.38. The van der Waals surface area contributed by atoms with Crippen LogP contribution in [0.5, 0.6) is 0 Å². The third kappa shape index (κ3) is 2.94. The molecule has 4 heteroatoms. The van der Waals surface area contributed by atoms with Crippen molar-refractivity contribution in [1.82, 2.24) is 4.90 Å². The van der Waals surface area contributed by atoms with Gasteiger partial charge in [-0.05, 0) is 12.8 Å². The smallest absolute Gasteiger partial charge is 0.0774 e. The Labute approximate surface area is 97.2 Å². The molecule has 1 heterocycles. The molecule has 1 saturated heterocycles. The van der Waals surface area contributed by atoms with Gasteiger partial charge < -0.3 is 14.9 Å². The Kier molecular flexibility index (Phi) is 4.19. The highest BCUT2D eigenvalue weighted by Gasteiger charge is 2.34. The fraction of sp³-hybridized carbons (Fsp3) is 1.00. The molecule has 2 fully saturated rings. The maximum Gasteiger partial charge on any atom is 0.0774 e. The quantitative estimate of drug-likeness (QED) is 0.734. The third-order valence-electron chi connectivity index (χ3n) is 3.84. The Hall–Kier alpha value is -0.160. The molecule has 4 nitrogen and oxygen atoms in total. The van der Waals surface area contributed by atoms with E-state index in [1.54, 1.807) is 0 Å². The minimum Gasteiger partial charge on any atom is -0.395 e. The van der Waals surface area contributed by atoms with Crippen molar-refractivity contribution < 1.29 is 14.9 Å². The van der Waals surface area contributed by atoms with Crippen molar-refractivity contribution in [3.05, 3.63) is 0 Å². The summed E-state index contributed by atoms with van der Waals surface area (Å²) in [6.07, 6.45) is 5.31. The summed E-state index contributed by atoms with van der Waals surface area (Å²) < 4.78 is 5.34. The molecule has 0 aromatic heterocycles. The molecule has 1 aliphatic carbocycles. The van der Waals surface area contributed by atoms with Crippen LogP contribution >= 0.6 is 0 Å². The van der Waals surface area contributed by atoms with Crippen molar-refractivity contribution >= 4 is 0 Å². The van der Waals surface area contributed by atoms with Crippen LogP contribution in [0.25, 0.3) is 0 Å². The maximum atomic E-state index is 10.5. The van der Waals surface area contributed by atoms with Gasteiger partial charge in [0.25, 0.3) is 0 Å². The van der Waals surface area contributed by atoms with Gasteiger partial charge in [0.2, 0.25) is 0 Å². The SMILES string of the molecule is OCC1COCCN1CC1(O)CCCCC1. The number of morpholine rings is 1. The normalized spacial score (nSPS) is 31.5. The van der Waals surface area contributed by atoms with E-state index in [0.29, 0.717) is 19.8 Å². The van der Waals surface area contributed by atoms with Crippen molar-refractivity contribution in [1.29, 1.82) is 0 Å². The van der Waals surface area contributed by atoms with E-state index in [1.165, 1.54) is 6.42 Å². The zero-order valence-electron chi connectivity index (χ0n) is 9.90. The molecule has 0 bridgehead atoms. The van der Waals surface area contributed by atoms with Gasteiger partial charge in [-0.2, -0.15) is 0 Å². The third-order valence-corrected chi connectivity index (χ3v) is 3.84. The average molecular weight is 229 g/mol. The zero-order chi connectivity index (χ0) is 11.4. The summed E-state index contributed by atoms with van der Waals surface area (Å²) in [6.45, 7) is 2.95. The summed E-state index contributed by atoms with van der Waals surface area (Å²) in [5.41, 5.74) is -0.525. The van der Waals surface area contributed by atoms with Crippen LogP contribution in [-0.4, -0.2) is 59.7 Å². The molecule has 1 aliphatic heterocycles. The lowest BCUT2D eigenvalue weighted by molar-refractivity contribution is -0.0827. The van der Waals surface area contributed by atoms with Crippen molar-refractivity contribution in [3.63, 3.8) is 0 Å². The van der Waals surface area contributed by atoms with Crippen molar-refractivity contribution in [2.45, 2.75) is 43.7 Å². The second kappa shape index (κ2) is 5.45. The summed E-state index contributed by atoms with van der Waals surface area (Å²) in [5.74, 6) is 0. The van der Waals surface area contributed by atoms with E-state index >= 15 is 0 Å². The van der Waals surface area contributed by atoms with Crippen LogP contribution in [0.15, 0.2) is 0 Å². The summed E-state index contributed by atoms with van der Waals surface area (Å²) >= 11 is 0. The van der Waals surface area contributed by atoms with Gasteiger partial charge in [0.15, 0.2) is 0 Å². The molecule has 0 aromatic rings. The van der Waals surface area contributed by atoms with Gasteiger partial charge in [0, 0.05) is 13.1 Å². The number of aliphatic hydroxyl groups is 2. The number of β-amino-alcohol motifs (C(OH)–C–C–N with tert-alkyl or cyclic N) is 1. The Bertz CT molecular complexity index is 216. The van der Waals surface area contributed by atoms with Crippen molar-refractivity contribution in [2.24, 2.45) is 0 Å². The Balaban J connectivity index is 1.90. The fourth-order valence-corrected chi connectivity index (χ4v) is 2.81. The Morgan fingerprint density at radius 3 is 2.69 bits per heavy atom. The number of hydrogen-bond donors (Lipinski definition) is 2. The maximum absolute atomic E-state index is 10.5. The second-order valence-corrected chi connectivity index (χ2v) is 5.17. The van der Waals surface area contributed by atoms with Gasteiger partial charge in [0.1, 0.15) is 0 Å². The van der Waals surface area contributed by atoms with E-state index in [4.69, 9.17) is 4.74 Å². The van der Waals surface area contributed by atoms with Gasteiger partial charge >= 0.3 is 0 Å². The van der Waals surface area contributed by atoms with Gasteiger partial charge in [-0.25, -0.2) is 0 Å². The van der Waals surface area contributed by atoms with Gasteiger partial charge in [0.05, 0.1) is 31.5 Å². The lowest BCUT2D eigenvalue weighted by Crippen LogP contribution is -2.54. The molecule has 1 atom stereocenters. The molecule has 2 rings (SSSR count). The van der Waals surface area contributed by atoms with Gasteiger partial charge in [-0.1, -0.05) is 19.3 Å². The van der Waals surface area contributed by atoms with Crippen LogP contribution in [0.2, 0.25) is 0 Å². The van der Waals surface area contributed by atoms with Crippen LogP contribution in [0.4, 0.5) is 0 Å². The highest BCUT2D eigenvalue weighted by Crippen LogP contribution is 2.29. The Morgan fingerprint density at radius 2 is 2.00 bits per heavy atom. The first-order valence-corrected chi connectivity index (χ1v) is 6.38. The van der Waals surface area contributed by atoms with Crippen molar-refractivity contribution in [3.8, 4) is 0 Å². The van der Waals surface area contributed by atoms with Crippen LogP contribution in [0.1, 0.15) is 32.1 Å². The van der Waals surface area contributed by atoms with E-state index < -0.39 is 5.60 Å². The van der Waals surface area contributed by atoms with Crippen LogP contribution < -0.4 is 0 Å². The molecule has 1 saturated carbocycles. The summed E-state index contributed by atoms with van der Waals surface area (Å²) in [6, 6.07) is 0.0692. The van der Waals surface area contributed by atoms with E-state index in [-0.39, 0.29) is 12.6 Å². The minimum atomic E-state index is -0.525. The predicted octanol–water partition coefficient (Wildman–Crippen LogP) is 0.375. The number of hydrogen-bond acceptors (Lipinski definition) is 4. The predicted molar refractivity (Wildman–Crippen MR) is 61.3 cm³/mol. The first-order chi connectivity index (χ1) is 7.73. The standard InChI is InChI=1S/C12H23NO3/c14-8-11-9-16-7-6-13(11)10-12(15)4-2-1-3-5-12/h11,14-15H,1-10H2. The van der Waals surface area contributed by atoms with Gasteiger partial charge in [-0.3, -0.25) is 4.90 Å². The van der Waals surface area contributed by atoms with E-state index in [0.717, 1.165) is 32.2 Å². The van der Waals surface area contributed by atoms with Crippen molar-refractivity contribution in [2.75, 3.05) is 32.9 Å². The summed E-state index contributed by atoms with van der Waals surface area (Å²) in [7, 11) is 0. The fourth-order valence-electron chi connectivity index (χ4n) is 2.81.